The Hall–Kier alpha value is -0.880. The molecule has 0 unspecified atom stereocenters. The van der Waals surface area contributed by atoms with Crippen molar-refractivity contribution >= 4 is 34.2 Å². The Bertz CT molecular complexity index is 575. The van der Waals surface area contributed by atoms with Gasteiger partial charge in [-0.15, -0.1) is 0 Å². The van der Waals surface area contributed by atoms with Gasteiger partial charge in [0.15, 0.2) is 5.75 Å². The van der Waals surface area contributed by atoms with Gasteiger partial charge in [-0.3, -0.25) is 0 Å². The minimum atomic E-state index is 0.415. The summed E-state index contributed by atoms with van der Waals surface area (Å²) in [5.41, 5.74) is 2.23. The molecule has 0 saturated carbocycles. The molecular weight excluding hydrogens is 363 g/mol. The van der Waals surface area contributed by atoms with E-state index in [1.807, 2.05) is 13.0 Å². The highest BCUT2D eigenvalue weighted by molar-refractivity contribution is 14.1. The van der Waals surface area contributed by atoms with Crippen LogP contribution in [0.5, 0.6) is 11.5 Å². The lowest BCUT2D eigenvalue weighted by Crippen LogP contribution is -1.97. The lowest BCUT2D eigenvalue weighted by atomic mass is 10.1. The smallest absolute Gasteiger partial charge is 0.159 e. The summed E-state index contributed by atoms with van der Waals surface area (Å²) in [5.74, 6) is 1.42. The molecular formula is C13H12ClIN2O. The molecule has 5 heteroatoms. The maximum atomic E-state index is 5.83. The maximum Gasteiger partial charge on any atom is 0.159 e. The van der Waals surface area contributed by atoms with E-state index in [1.165, 1.54) is 5.56 Å². The van der Waals surface area contributed by atoms with Gasteiger partial charge < -0.3 is 4.74 Å². The average Bonchev–Trinajstić information content (AvgIpc) is 2.33. The summed E-state index contributed by atoms with van der Waals surface area (Å²) in [6.07, 6.45) is 2.55. The highest BCUT2D eigenvalue weighted by Crippen LogP contribution is 2.28. The molecule has 2 aromatic heterocycles. The predicted octanol–water partition coefficient (Wildman–Crippen LogP) is 4.40. The predicted molar refractivity (Wildman–Crippen MR) is 80.4 cm³/mol. The molecule has 94 valence electrons. The normalized spacial score (nSPS) is 10.4. The van der Waals surface area contributed by atoms with E-state index in [1.54, 1.807) is 18.3 Å². The first-order valence-corrected chi connectivity index (χ1v) is 7.01. The van der Waals surface area contributed by atoms with Crippen molar-refractivity contribution in [2.75, 3.05) is 0 Å². The number of hydrogen-bond donors (Lipinski definition) is 0. The van der Waals surface area contributed by atoms with Crippen molar-refractivity contribution in [1.29, 1.82) is 0 Å². The highest BCUT2D eigenvalue weighted by Gasteiger charge is 2.08. The monoisotopic (exact) mass is 374 g/mol. The number of ether oxygens (including phenoxy) is 1. The second-order valence-corrected chi connectivity index (χ2v) is 5.20. The number of aryl methyl sites for hydroxylation is 2. The molecule has 0 radical (unpaired) electrons. The lowest BCUT2D eigenvalue weighted by Gasteiger charge is -2.10. The maximum absolute atomic E-state index is 5.83. The first-order chi connectivity index (χ1) is 8.60. The Morgan fingerprint density at radius 1 is 1.39 bits per heavy atom. The molecule has 0 saturated heterocycles. The van der Waals surface area contributed by atoms with Crippen molar-refractivity contribution in [1.82, 2.24) is 9.97 Å². The van der Waals surface area contributed by atoms with Gasteiger partial charge in [-0.2, -0.15) is 0 Å². The second-order valence-electron chi connectivity index (χ2n) is 3.79. The van der Waals surface area contributed by atoms with Crippen molar-refractivity contribution in [2.24, 2.45) is 0 Å². The van der Waals surface area contributed by atoms with Crippen LogP contribution in [-0.2, 0) is 6.42 Å². The summed E-state index contributed by atoms with van der Waals surface area (Å²) in [7, 11) is 0. The van der Waals surface area contributed by atoms with Crippen LogP contribution < -0.4 is 4.74 Å². The van der Waals surface area contributed by atoms with E-state index >= 15 is 0 Å². The van der Waals surface area contributed by atoms with E-state index in [-0.39, 0.29) is 0 Å². The van der Waals surface area contributed by atoms with Gasteiger partial charge in [0.05, 0.1) is 0 Å². The van der Waals surface area contributed by atoms with E-state index in [9.17, 15) is 0 Å². The van der Waals surface area contributed by atoms with Crippen molar-refractivity contribution < 1.29 is 4.74 Å². The van der Waals surface area contributed by atoms with Gasteiger partial charge in [-0.05, 0) is 53.6 Å². The van der Waals surface area contributed by atoms with E-state index in [0.29, 0.717) is 10.9 Å². The Morgan fingerprint density at radius 3 is 2.83 bits per heavy atom. The first-order valence-electron chi connectivity index (χ1n) is 5.55. The molecule has 0 aliphatic rings. The van der Waals surface area contributed by atoms with Crippen LogP contribution in [0.25, 0.3) is 0 Å². The molecule has 18 heavy (non-hydrogen) atoms. The summed E-state index contributed by atoms with van der Waals surface area (Å²) in [6.45, 7) is 4.11. The third kappa shape index (κ3) is 3.11. The molecule has 0 aromatic carbocycles. The van der Waals surface area contributed by atoms with E-state index in [2.05, 4.69) is 39.5 Å². The Labute approximate surface area is 125 Å². The van der Waals surface area contributed by atoms with Gasteiger partial charge in [0.25, 0.3) is 0 Å². The molecule has 3 nitrogen and oxygen atoms in total. The SMILES string of the molecule is CCc1cc(Oc2ccnc(Cl)c2)c(I)nc1C. The first kappa shape index (κ1) is 13.5. The summed E-state index contributed by atoms with van der Waals surface area (Å²) in [5, 5.41) is 0.415. The molecule has 0 spiro atoms. The summed E-state index contributed by atoms with van der Waals surface area (Å²) in [4.78, 5) is 8.40. The fourth-order valence-electron chi connectivity index (χ4n) is 1.60. The number of hydrogen-bond acceptors (Lipinski definition) is 3. The van der Waals surface area contributed by atoms with Crippen LogP contribution in [0.1, 0.15) is 18.2 Å². The summed E-state index contributed by atoms with van der Waals surface area (Å²) in [6, 6.07) is 5.48. The molecule has 0 aliphatic carbocycles. The molecule has 0 aliphatic heterocycles. The van der Waals surface area contributed by atoms with Crippen molar-refractivity contribution in [2.45, 2.75) is 20.3 Å². The van der Waals surface area contributed by atoms with Crippen LogP contribution in [0, 0.1) is 10.6 Å². The fourth-order valence-corrected chi connectivity index (χ4v) is 2.39. The van der Waals surface area contributed by atoms with Crippen molar-refractivity contribution in [3.8, 4) is 11.5 Å². The average molecular weight is 375 g/mol. The zero-order chi connectivity index (χ0) is 13.1. The highest BCUT2D eigenvalue weighted by atomic mass is 127. The molecule has 0 atom stereocenters. The van der Waals surface area contributed by atoms with E-state index in [0.717, 1.165) is 21.6 Å². The van der Waals surface area contributed by atoms with Crippen molar-refractivity contribution in [3.05, 3.63) is 44.5 Å². The van der Waals surface area contributed by atoms with Crippen LogP contribution in [-0.4, -0.2) is 9.97 Å². The van der Waals surface area contributed by atoms with Crippen molar-refractivity contribution in [3.63, 3.8) is 0 Å². The number of halogens is 2. The summed E-state index contributed by atoms with van der Waals surface area (Å²) >= 11 is 8.00. The zero-order valence-corrected chi connectivity index (χ0v) is 13.0. The third-order valence-corrected chi connectivity index (χ3v) is 3.53. The Morgan fingerprint density at radius 2 is 2.17 bits per heavy atom. The molecule has 2 aromatic rings. The van der Waals surface area contributed by atoms with Gasteiger partial charge in [-0.1, -0.05) is 18.5 Å². The molecule has 0 bridgehead atoms. The topological polar surface area (TPSA) is 35.0 Å². The number of pyridine rings is 2. The zero-order valence-electron chi connectivity index (χ0n) is 10.1. The molecule has 0 fully saturated rings. The third-order valence-electron chi connectivity index (χ3n) is 2.55. The largest absolute Gasteiger partial charge is 0.454 e. The minimum absolute atomic E-state index is 0.415. The molecule has 0 amide bonds. The number of aromatic nitrogens is 2. The molecule has 2 rings (SSSR count). The lowest BCUT2D eigenvalue weighted by molar-refractivity contribution is 0.474. The fraction of sp³-hybridized carbons (Fsp3) is 0.231. The van der Waals surface area contributed by atoms with Gasteiger partial charge in [0.2, 0.25) is 0 Å². The second kappa shape index (κ2) is 5.84. The van der Waals surface area contributed by atoms with Crippen LogP contribution in [0.4, 0.5) is 0 Å². The van der Waals surface area contributed by atoms with Crippen LogP contribution in [0.2, 0.25) is 5.15 Å². The number of rotatable bonds is 3. The Balaban J connectivity index is 2.34. The minimum Gasteiger partial charge on any atom is -0.454 e. The quantitative estimate of drug-likeness (QED) is 0.590. The van der Waals surface area contributed by atoms with Crippen LogP contribution in [0.15, 0.2) is 24.4 Å². The van der Waals surface area contributed by atoms with Gasteiger partial charge >= 0.3 is 0 Å². The molecule has 2 heterocycles. The van der Waals surface area contributed by atoms with Gasteiger partial charge in [0.1, 0.15) is 14.6 Å². The van der Waals surface area contributed by atoms with Crippen LogP contribution >= 0.6 is 34.2 Å². The van der Waals surface area contributed by atoms with Crippen LogP contribution in [0.3, 0.4) is 0 Å². The number of nitrogens with zero attached hydrogens (tertiary/aromatic N) is 2. The Kier molecular flexibility index (Phi) is 4.40. The van der Waals surface area contributed by atoms with Gasteiger partial charge in [-0.25, -0.2) is 9.97 Å². The van der Waals surface area contributed by atoms with Gasteiger partial charge in [0, 0.05) is 18.0 Å². The standard InChI is InChI=1S/C13H12ClIN2O/c1-3-9-6-11(13(15)17-8(9)2)18-10-4-5-16-12(14)7-10/h4-7H,3H2,1-2H3. The summed E-state index contributed by atoms with van der Waals surface area (Å²) < 4.78 is 6.64. The molecule has 0 N–H and O–H groups in total. The van der Waals surface area contributed by atoms with E-state index in [4.69, 9.17) is 16.3 Å². The van der Waals surface area contributed by atoms with E-state index < -0.39 is 0 Å².